The zero-order valence-electron chi connectivity index (χ0n) is 10.9. The molecular formula is C12H19N3O3. The van der Waals surface area contributed by atoms with Crippen molar-refractivity contribution in [3.8, 4) is 0 Å². The van der Waals surface area contributed by atoms with Crippen molar-refractivity contribution in [3.63, 3.8) is 0 Å². The number of hydrogen-bond donors (Lipinski definition) is 2. The summed E-state index contributed by atoms with van der Waals surface area (Å²) in [6.07, 6.45) is 3.62. The van der Waals surface area contributed by atoms with Gasteiger partial charge in [-0.3, -0.25) is 14.3 Å². The van der Waals surface area contributed by atoms with E-state index in [4.69, 9.17) is 5.11 Å². The predicted octanol–water partition coefficient (Wildman–Crippen LogP) is 1.45. The molecule has 0 fully saturated rings. The quantitative estimate of drug-likeness (QED) is 0.803. The van der Waals surface area contributed by atoms with E-state index in [1.165, 1.54) is 6.92 Å². The smallest absolute Gasteiger partial charge is 0.325 e. The molecule has 1 heterocycles. The highest BCUT2D eigenvalue weighted by molar-refractivity contribution is 5.94. The first kappa shape index (κ1) is 14.2. The summed E-state index contributed by atoms with van der Waals surface area (Å²) in [5, 5.41) is 15.3. The molecule has 0 aliphatic heterocycles. The van der Waals surface area contributed by atoms with E-state index in [0.29, 0.717) is 0 Å². The third kappa shape index (κ3) is 3.32. The minimum Gasteiger partial charge on any atom is -0.480 e. The SMILES string of the molecule is CCC(CC)n1ccc(C(=O)NC(C)C(=O)O)n1. The maximum atomic E-state index is 11.7. The van der Waals surface area contributed by atoms with Gasteiger partial charge in [0.1, 0.15) is 11.7 Å². The van der Waals surface area contributed by atoms with Crippen LogP contribution in [0.15, 0.2) is 12.3 Å². The van der Waals surface area contributed by atoms with E-state index in [1.807, 2.05) is 0 Å². The molecule has 18 heavy (non-hydrogen) atoms. The lowest BCUT2D eigenvalue weighted by Gasteiger charge is -2.12. The van der Waals surface area contributed by atoms with Gasteiger partial charge in [0.2, 0.25) is 0 Å². The Morgan fingerprint density at radius 2 is 2.06 bits per heavy atom. The molecule has 0 bridgehead atoms. The van der Waals surface area contributed by atoms with Gasteiger partial charge in [0.25, 0.3) is 5.91 Å². The fourth-order valence-corrected chi connectivity index (χ4v) is 1.66. The molecule has 0 saturated carbocycles. The maximum absolute atomic E-state index is 11.7. The van der Waals surface area contributed by atoms with Crippen LogP contribution in [0.2, 0.25) is 0 Å². The van der Waals surface area contributed by atoms with E-state index >= 15 is 0 Å². The van der Waals surface area contributed by atoms with Crippen molar-refractivity contribution in [1.29, 1.82) is 0 Å². The van der Waals surface area contributed by atoms with Crippen LogP contribution in [0.25, 0.3) is 0 Å². The van der Waals surface area contributed by atoms with Crippen LogP contribution in [0.4, 0.5) is 0 Å². The standard InChI is InChI=1S/C12H19N3O3/c1-4-9(5-2)15-7-6-10(14-15)11(16)13-8(3)12(17)18/h6-9H,4-5H2,1-3H3,(H,13,16)(H,17,18). The summed E-state index contributed by atoms with van der Waals surface area (Å²) in [4.78, 5) is 22.4. The van der Waals surface area contributed by atoms with E-state index in [2.05, 4.69) is 24.3 Å². The van der Waals surface area contributed by atoms with Gasteiger partial charge in [0, 0.05) is 6.20 Å². The highest BCUT2D eigenvalue weighted by Gasteiger charge is 2.18. The molecule has 6 nitrogen and oxygen atoms in total. The van der Waals surface area contributed by atoms with Gasteiger partial charge in [-0.2, -0.15) is 5.10 Å². The Hall–Kier alpha value is -1.85. The molecule has 1 aromatic heterocycles. The molecule has 0 spiro atoms. The zero-order chi connectivity index (χ0) is 13.7. The van der Waals surface area contributed by atoms with Crippen LogP contribution < -0.4 is 5.32 Å². The van der Waals surface area contributed by atoms with Crippen LogP contribution >= 0.6 is 0 Å². The minimum atomic E-state index is -1.07. The number of nitrogens with one attached hydrogen (secondary N) is 1. The number of nitrogens with zero attached hydrogens (tertiary/aromatic N) is 2. The van der Waals surface area contributed by atoms with E-state index in [9.17, 15) is 9.59 Å². The first-order chi connectivity index (χ1) is 8.49. The summed E-state index contributed by atoms with van der Waals surface area (Å²) in [6, 6.07) is 0.946. The lowest BCUT2D eigenvalue weighted by Crippen LogP contribution is -2.38. The number of rotatable bonds is 6. The number of hydrogen-bond acceptors (Lipinski definition) is 3. The summed E-state index contributed by atoms with van der Waals surface area (Å²) < 4.78 is 1.75. The molecular weight excluding hydrogens is 234 g/mol. The van der Waals surface area contributed by atoms with Crippen LogP contribution in [-0.4, -0.2) is 32.8 Å². The van der Waals surface area contributed by atoms with Crippen LogP contribution in [0.1, 0.15) is 50.1 Å². The Morgan fingerprint density at radius 1 is 1.44 bits per heavy atom. The molecule has 1 unspecified atom stereocenters. The lowest BCUT2D eigenvalue weighted by molar-refractivity contribution is -0.138. The molecule has 0 saturated heterocycles. The lowest BCUT2D eigenvalue weighted by atomic mass is 10.2. The van der Waals surface area contributed by atoms with Gasteiger partial charge in [-0.25, -0.2) is 0 Å². The molecule has 1 amide bonds. The number of aromatic nitrogens is 2. The monoisotopic (exact) mass is 253 g/mol. The Kier molecular flexibility index (Phi) is 4.88. The Morgan fingerprint density at radius 3 is 2.56 bits per heavy atom. The Labute approximate surface area is 106 Å². The van der Waals surface area contributed by atoms with E-state index in [0.717, 1.165) is 12.8 Å². The summed E-state index contributed by atoms with van der Waals surface area (Å²) in [5.74, 6) is -1.53. The summed E-state index contributed by atoms with van der Waals surface area (Å²) in [5.41, 5.74) is 0.245. The first-order valence-corrected chi connectivity index (χ1v) is 6.08. The number of carboxylic acid groups (broad SMARTS) is 1. The Bertz CT molecular complexity index is 424. The molecule has 1 rings (SSSR count). The molecule has 6 heteroatoms. The van der Waals surface area contributed by atoms with Crippen molar-refractivity contribution in [2.24, 2.45) is 0 Å². The predicted molar refractivity (Wildman–Crippen MR) is 66.4 cm³/mol. The maximum Gasteiger partial charge on any atom is 0.325 e. The molecule has 0 aromatic carbocycles. The second kappa shape index (κ2) is 6.18. The third-order valence-corrected chi connectivity index (χ3v) is 2.88. The largest absolute Gasteiger partial charge is 0.480 e. The summed E-state index contributed by atoms with van der Waals surface area (Å²) in [6.45, 7) is 5.53. The minimum absolute atomic E-state index is 0.245. The molecule has 0 aliphatic carbocycles. The van der Waals surface area contributed by atoms with Crippen molar-refractivity contribution >= 4 is 11.9 Å². The number of amides is 1. The van der Waals surface area contributed by atoms with Crippen LogP contribution in [0.3, 0.4) is 0 Å². The van der Waals surface area contributed by atoms with Crippen molar-refractivity contribution in [2.75, 3.05) is 0 Å². The number of aliphatic carboxylic acids is 1. The average molecular weight is 253 g/mol. The molecule has 0 aliphatic rings. The van der Waals surface area contributed by atoms with Gasteiger partial charge >= 0.3 is 5.97 Å². The fraction of sp³-hybridized carbons (Fsp3) is 0.583. The van der Waals surface area contributed by atoms with Gasteiger partial charge in [-0.05, 0) is 25.8 Å². The van der Waals surface area contributed by atoms with Crippen molar-refractivity contribution < 1.29 is 14.7 Å². The van der Waals surface area contributed by atoms with Gasteiger partial charge in [-0.1, -0.05) is 13.8 Å². The van der Waals surface area contributed by atoms with E-state index in [-0.39, 0.29) is 11.7 Å². The van der Waals surface area contributed by atoms with Crippen LogP contribution in [0, 0.1) is 0 Å². The fourth-order valence-electron chi connectivity index (χ4n) is 1.66. The van der Waals surface area contributed by atoms with Gasteiger partial charge < -0.3 is 10.4 Å². The van der Waals surface area contributed by atoms with E-state index < -0.39 is 17.9 Å². The number of carboxylic acids is 1. The topological polar surface area (TPSA) is 84.2 Å². The highest BCUT2D eigenvalue weighted by Crippen LogP contribution is 2.14. The Balaban J connectivity index is 2.73. The zero-order valence-corrected chi connectivity index (χ0v) is 10.9. The number of carbonyl (C=O) groups is 2. The third-order valence-electron chi connectivity index (χ3n) is 2.88. The van der Waals surface area contributed by atoms with Crippen molar-refractivity contribution in [1.82, 2.24) is 15.1 Å². The molecule has 100 valence electrons. The van der Waals surface area contributed by atoms with Crippen LogP contribution in [-0.2, 0) is 4.79 Å². The summed E-state index contributed by atoms with van der Waals surface area (Å²) in [7, 11) is 0. The van der Waals surface area contributed by atoms with Crippen molar-refractivity contribution in [2.45, 2.75) is 45.7 Å². The van der Waals surface area contributed by atoms with Gasteiger partial charge in [0.15, 0.2) is 0 Å². The van der Waals surface area contributed by atoms with Gasteiger partial charge in [0.05, 0.1) is 6.04 Å². The molecule has 1 atom stereocenters. The second-order valence-electron chi connectivity index (χ2n) is 4.18. The molecule has 2 N–H and O–H groups in total. The second-order valence-corrected chi connectivity index (χ2v) is 4.18. The van der Waals surface area contributed by atoms with E-state index in [1.54, 1.807) is 16.9 Å². The summed E-state index contributed by atoms with van der Waals surface area (Å²) >= 11 is 0. The highest BCUT2D eigenvalue weighted by atomic mass is 16.4. The first-order valence-electron chi connectivity index (χ1n) is 6.08. The molecule has 0 radical (unpaired) electrons. The van der Waals surface area contributed by atoms with Gasteiger partial charge in [-0.15, -0.1) is 0 Å². The van der Waals surface area contributed by atoms with Crippen molar-refractivity contribution in [3.05, 3.63) is 18.0 Å². The average Bonchev–Trinajstić information content (AvgIpc) is 2.80. The molecule has 1 aromatic rings. The number of carbonyl (C=O) groups excluding carboxylic acids is 1. The normalized spacial score (nSPS) is 12.4. The van der Waals surface area contributed by atoms with Crippen LogP contribution in [0.5, 0.6) is 0 Å².